The lowest BCUT2D eigenvalue weighted by Gasteiger charge is -2.39. The van der Waals surface area contributed by atoms with Crippen molar-refractivity contribution < 1.29 is 19.5 Å². The molecule has 1 aliphatic heterocycles. The van der Waals surface area contributed by atoms with Crippen molar-refractivity contribution in [1.82, 2.24) is 4.90 Å². The fourth-order valence-corrected chi connectivity index (χ4v) is 2.60. The van der Waals surface area contributed by atoms with E-state index in [1.54, 1.807) is 45.0 Å². The maximum atomic E-state index is 12.6. The van der Waals surface area contributed by atoms with Gasteiger partial charge in [-0.05, 0) is 31.9 Å². The summed E-state index contributed by atoms with van der Waals surface area (Å²) in [7, 11) is 0. The molecule has 106 valence electrons. The monoisotopic (exact) mass is 275 g/mol. The van der Waals surface area contributed by atoms with Crippen LogP contribution in [0.2, 0.25) is 0 Å². The largest absolute Gasteiger partial charge is 0.480 e. The van der Waals surface area contributed by atoms with E-state index in [0.717, 1.165) is 4.90 Å². The topological polar surface area (TPSA) is 74.7 Å². The van der Waals surface area contributed by atoms with Crippen molar-refractivity contribution in [1.29, 1.82) is 0 Å². The molecule has 0 radical (unpaired) electrons. The Bertz CT molecular complexity index is 591. The average Bonchev–Trinajstić information content (AvgIpc) is 2.41. The molecule has 0 aromatic heterocycles. The molecule has 2 amide bonds. The second-order valence-electron chi connectivity index (χ2n) is 5.41. The number of nitrogens with zero attached hydrogens (tertiary/aromatic N) is 1. The van der Waals surface area contributed by atoms with Crippen molar-refractivity contribution in [3.63, 3.8) is 0 Å². The van der Waals surface area contributed by atoms with E-state index in [0.29, 0.717) is 11.1 Å². The highest BCUT2D eigenvalue weighted by atomic mass is 16.4. The highest BCUT2D eigenvalue weighted by molar-refractivity contribution is 6.14. The number of aliphatic carboxylic acids is 1. The highest BCUT2D eigenvalue weighted by Crippen LogP contribution is 2.35. The number of imide groups is 1. The molecule has 5 nitrogen and oxygen atoms in total. The molecule has 1 aromatic rings. The van der Waals surface area contributed by atoms with E-state index in [1.807, 2.05) is 0 Å². The zero-order valence-electron chi connectivity index (χ0n) is 11.7. The van der Waals surface area contributed by atoms with E-state index in [4.69, 9.17) is 0 Å². The summed E-state index contributed by atoms with van der Waals surface area (Å²) in [6, 6.07) is 5.73. The van der Waals surface area contributed by atoms with Crippen LogP contribution < -0.4 is 0 Å². The number of hydrogen-bond donors (Lipinski definition) is 1. The number of carboxylic acids is 1. The molecular weight excluding hydrogens is 258 g/mol. The van der Waals surface area contributed by atoms with Crippen LogP contribution in [0.5, 0.6) is 0 Å². The first-order valence-corrected chi connectivity index (χ1v) is 6.52. The van der Waals surface area contributed by atoms with Gasteiger partial charge in [-0.25, -0.2) is 4.79 Å². The van der Waals surface area contributed by atoms with Gasteiger partial charge in [-0.2, -0.15) is 0 Å². The van der Waals surface area contributed by atoms with Crippen LogP contribution in [0.15, 0.2) is 24.3 Å². The molecule has 0 spiro atoms. The second-order valence-corrected chi connectivity index (χ2v) is 5.41. The van der Waals surface area contributed by atoms with E-state index in [-0.39, 0.29) is 6.42 Å². The molecule has 1 unspecified atom stereocenters. The Morgan fingerprint density at radius 2 is 1.90 bits per heavy atom. The molecule has 0 fully saturated rings. The lowest BCUT2D eigenvalue weighted by atomic mass is 9.76. The minimum Gasteiger partial charge on any atom is -0.480 e. The fraction of sp³-hybridized carbons (Fsp3) is 0.400. The van der Waals surface area contributed by atoms with Gasteiger partial charge in [-0.1, -0.05) is 25.1 Å². The van der Waals surface area contributed by atoms with Crippen LogP contribution in [0.3, 0.4) is 0 Å². The molecule has 1 aliphatic rings. The van der Waals surface area contributed by atoms with Gasteiger partial charge in [0.15, 0.2) is 0 Å². The van der Waals surface area contributed by atoms with Crippen molar-refractivity contribution in [3.8, 4) is 0 Å². The molecule has 0 saturated heterocycles. The zero-order valence-corrected chi connectivity index (χ0v) is 11.7. The van der Waals surface area contributed by atoms with Gasteiger partial charge in [0.2, 0.25) is 5.91 Å². The molecule has 2 rings (SSSR count). The van der Waals surface area contributed by atoms with Gasteiger partial charge in [-0.15, -0.1) is 0 Å². The van der Waals surface area contributed by atoms with Crippen molar-refractivity contribution in [2.45, 2.75) is 38.6 Å². The lowest BCUT2D eigenvalue weighted by Crippen LogP contribution is -2.57. The van der Waals surface area contributed by atoms with Crippen LogP contribution in [0, 0.1) is 0 Å². The van der Waals surface area contributed by atoms with Crippen LogP contribution in [0.1, 0.15) is 43.1 Å². The van der Waals surface area contributed by atoms with Gasteiger partial charge in [-0.3, -0.25) is 14.5 Å². The van der Waals surface area contributed by atoms with E-state index in [9.17, 15) is 19.5 Å². The van der Waals surface area contributed by atoms with Crippen molar-refractivity contribution >= 4 is 17.8 Å². The minimum absolute atomic E-state index is 0.186. The third-order valence-corrected chi connectivity index (χ3v) is 3.79. The fourth-order valence-electron chi connectivity index (χ4n) is 2.60. The Hall–Kier alpha value is -2.17. The quantitative estimate of drug-likeness (QED) is 0.854. The van der Waals surface area contributed by atoms with Gasteiger partial charge in [0.1, 0.15) is 6.04 Å². The Labute approximate surface area is 117 Å². The number of fused-ring (bicyclic) bond motifs is 1. The summed E-state index contributed by atoms with van der Waals surface area (Å²) >= 11 is 0. The standard InChI is InChI=1S/C15H17NO4/c1-4-11(13(18)19)16-12(17)9-7-5-6-8-10(9)15(2,3)14(16)20/h5-8,11H,4H2,1-3H3,(H,18,19). The maximum absolute atomic E-state index is 12.6. The first-order chi connectivity index (χ1) is 9.32. The molecule has 0 saturated carbocycles. The SMILES string of the molecule is CCC(C(=O)O)N1C(=O)c2ccccc2C(C)(C)C1=O. The molecule has 1 heterocycles. The number of hydrogen-bond acceptors (Lipinski definition) is 3. The molecule has 1 atom stereocenters. The lowest BCUT2D eigenvalue weighted by molar-refractivity contribution is -0.150. The molecule has 0 bridgehead atoms. The number of rotatable bonds is 3. The van der Waals surface area contributed by atoms with E-state index < -0.39 is 29.2 Å². The normalized spacial score (nSPS) is 18.6. The van der Waals surface area contributed by atoms with Gasteiger partial charge >= 0.3 is 5.97 Å². The molecule has 0 aliphatic carbocycles. The summed E-state index contributed by atoms with van der Waals surface area (Å²) < 4.78 is 0. The summed E-state index contributed by atoms with van der Waals surface area (Å²) in [5.74, 6) is -2.15. The molecule has 5 heteroatoms. The Kier molecular flexibility index (Phi) is 3.38. The molecule has 1 N–H and O–H groups in total. The minimum atomic E-state index is -1.16. The third kappa shape index (κ3) is 1.90. The summed E-state index contributed by atoms with van der Waals surface area (Å²) in [5, 5.41) is 9.23. The van der Waals surface area contributed by atoms with E-state index in [1.165, 1.54) is 0 Å². The molecular formula is C15H17NO4. The third-order valence-electron chi connectivity index (χ3n) is 3.79. The Balaban J connectivity index is 2.62. The Morgan fingerprint density at radius 1 is 1.30 bits per heavy atom. The zero-order chi connectivity index (χ0) is 15.1. The van der Waals surface area contributed by atoms with Crippen molar-refractivity contribution in [2.24, 2.45) is 0 Å². The summed E-state index contributed by atoms with van der Waals surface area (Å²) in [6.45, 7) is 5.07. The Morgan fingerprint density at radius 3 is 2.45 bits per heavy atom. The van der Waals surface area contributed by atoms with Gasteiger partial charge < -0.3 is 5.11 Å². The predicted molar refractivity (Wildman–Crippen MR) is 72.4 cm³/mol. The highest BCUT2D eigenvalue weighted by Gasteiger charge is 2.47. The van der Waals surface area contributed by atoms with E-state index in [2.05, 4.69) is 0 Å². The van der Waals surface area contributed by atoms with Gasteiger partial charge in [0.25, 0.3) is 5.91 Å². The summed E-state index contributed by atoms with van der Waals surface area (Å²) in [4.78, 5) is 37.2. The first-order valence-electron chi connectivity index (χ1n) is 6.52. The maximum Gasteiger partial charge on any atom is 0.326 e. The van der Waals surface area contributed by atoms with Crippen molar-refractivity contribution in [2.75, 3.05) is 0 Å². The number of carbonyl (C=O) groups excluding carboxylic acids is 2. The van der Waals surface area contributed by atoms with E-state index >= 15 is 0 Å². The van der Waals surface area contributed by atoms with Gasteiger partial charge in [0.05, 0.1) is 5.41 Å². The van der Waals surface area contributed by atoms with Crippen LogP contribution in [0.25, 0.3) is 0 Å². The summed E-state index contributed by atoms with van der Waals surface area (Å²) in [6.07, 6.45) is 0.186. The van der Waals surface area contributed by atoms with Crippen LogP contribution >= 0.6 is 0 Å². The van der Waals surface area contributed by atoms with Crippen LogP contribution in [-0.4, -0.2) is 33.8 Å². The average molecular weight is 275 g/mol. The number of carboxylic acid groups (broad SMARTS) is 1. The molecule has 1 aromatic carbocycles. The summed E-state index contributed by atoms with van der Waals surface area (Å²) in [5.41, 5.74) is 0.135. The molecule has 20 heavy (non-hydrogen) atoms. The number of carbonyl (C=O) groups is 3. The van der Waals surface area contributed by atoms with Crippen LogP contribution in [-0.2, 0) is 15.0 Å². The van der Waals surface area contributed by atoms with Crippen LogP contribution in [0.4, 0.5) is 0 Å². The predicted octanol–water partition coefficient (Wildman–Crippen LogP) is 1.81. The smallest absolute Gasteiger partial charge is 0.326 e. The number of amides is 2. The number of benzene rings is 1. The van der Waals surface area contributed by atoms with Crippen molar-refractivity contribution in [3.05, 3.63) is 35.4 Å². The first kappa shape index (κ1) is 14.2. The second kappa shape index (κ2) is 4.74. The van der Waals surface area contributed by atoms with Gasteiger partial charge in [0, 0.05) is 5.56 Å².